The Hall–Kier alpha value is -3.26. The third-order valence-electron chi connectivity index (χ3n) is 3.38. The van der Waals surface area contributed by atoms with Crippen LogP contribution in [-0.2, 0) is 11.3 Å². The van der Waals surface area contributed by atoms with Gasteiger partial charge in [0.05, 0.1) is 0 Å². The second kappa shape index (κ2) is 7.14. The minimum atomic E-state index is -0.497. The lowest BCUT2D eigenvalue weighted by molar-refractivity contribution is -0.117. The van der Waals surface area contributed by atoms with Gasteiger partial charge in [0, 0.05) is 6.54 Å². The van der Waals surface area contributed by atoms with Gasteiger partial charge in [0.15, 0.2) is 11.5 Å². The largest absolute Gasteiger partial charge is 0.504 e. The van der Waals surface area contributed by atoms with E-state index in [0.29, 0.717) is 12.1 Å². The molecule has 0 atom stereocenters. The van der Waals surface area contributed by atoms with Crippen LogP contribution in [0.3, 0.4) is 0 Å². The van der Waals surface area contributed by atoms with Crippen LogP contribution in [0.2, 0.25) is 0 Å². The first-order valence-electron chi connectivity index (χ1n) is 6.97. The van der Waals surface area contributed by atoms with Crippen molar-refractivity contribution in [3.05, 3.63) is 64.7 Å². The van der Waals surface area contributed by atoms with E-state index in [0.717, 1.165) is 11.1 Å². The number of aromatic hydroxyl groups is 2. The number of amides is 1. The maximum atomic E-state index is 12.1. The van der Waals surface area contributed by atoms with Gasteiger partial charge in [-0.05, 0) is 41.8 Å². The molecule has 0 unspecified atom stereocenters. The molecule has 3 N–H and O–H groups in total. The van der Waals surface area contributed by atoms with Crippen LogP contribution in [-0.4, -0.2) is 16.1 Å². The zero-order valence-corrected chi connectivity index (χ0v) is 12.6. The van der Waals surface area contributed by atoms with E-state index in [1.807, 2.05) is 37.3 Å². The normalized spacial score (nSPS) is 10.9. The monoisotopic (exact) mass is 308 g/mol. The Morgan fingerprint density at radius 2 is 1.96 bits per heavy atom. The molecule has 0 heterocycles. The van der Waals surface area contributed by atoms with E-state index in [1.165, 1.54) is 24.3 Å². The number of carbonyl (C=O) groups excluding carboxylic acids is 1. The highest BCUT2D eigenvalue weighted by atomic mass is 16.3. The van der Waals surface area contributed by atoms with Crippen LogP contribution in [0.25, 0.3) is 6.08 Å². The van der Waals surface area contributed by atoms with Crippen molar-refractivity contribution in [2.45, 2.75) is 13.5 Å². The molecule has 5 nitrogen and oxygen atoms in total. The lowest BCUT2D eigenvalue weighted by Gasteiger charge is -2.07. The highest BCUT2D eigenvalue weighted by molar-refractivity contribution is 6.01. The SMILES string of the molecule is Cc1ccccc1CNC(=O)/C(C#N)=C/c1ccc(O)c(O)c1. The number of aryl methyl sites for hydroxylation is 1. The van der Waals surface area contributed by atoms with Gasteiger partial charge in [-0.2, -0.15) is 5.26 Å². The van der Waals surface area contributed by atoms with Crippen molar-refractivity contribution in [3.63, 3.8) is 0 Å². The molecular formula is C18H16N2O3. The van der Waals surface area contributed by atoms with E-state index in [4.69, 9.17) is 5.26 Å². The number of benzene rings is 2. The minimum Gasteiger partial charge on any atom is -0.504 e. The summed E-state index contributed by atoms with van der Waals surface area (Å²) in [4.78, 5) is 12.1. The molecule has 2 aromatic carbocycles. The van der Waals surface area contributed by atoms with Crippen molar-refractivity contribution in [1.82, 2.24) is 5.32 Å². The Morgan fingerprint density at radius 3 is 2.61 bits per heavy atom. The van der Waals surface area contributed by atoms with Crippen LogP contribution in [0.15, 0.2) is 48.0 Å². The van der Waals surface area contributed by atoms with Crippen LogP contribution in [0, 0.1) is 18.3 Å². The average molecular weight is 308 g/mol. The van der Waals surface area contributed by atoms with E-state index in [2.05, 4.69) is 5.32 Å². The van der Waals surface area contributed by atoms with Gasteiger partial charge in [-0.25, -0.2) is 0 Å². The summed E-state index contributed by atoms with van der Waals surface area (Å²) in [5.74, 6) is -1.07. The molecule has 0 fully saturated rings. The van der Waals surface area contributed by atoms with Gasteiger partial charge in [0.1, 0.15) is 11.6 Å². The van der Waals surface area contributed by atoms with Crippen LogP contribution in [0.5, 0.6) is 11.5 Å². The second-order valence-electron chi connectivity index (χ2n) is 5.03. The molecule has 116 valence electrons. The highest BCUT2D eigenvalue weighted by Gasteiger charge is 2.10. The van der Waals surface area contributed by atoms with E-state index < -0.39 is 5.91 Å². The van der Waals surface area contributed by atoms with E-state index in [9.17, 15) is 15.0 Å². The lowest BCUT2D eigenvalue weighted by atomic mass is 10.1. The highest BCUT2D eigenvalue weighted by Crippen LogP contribution is 2.25. The van der Waals surface area contributed by atoms with Crippen molar-refractivity contribution < 1.29 is 15.0 Å². The first-order valence-corrected chi connectivity index (χ1v) is 6.97. The van der Waals surface area contributed by atoms with Crippen LogP contribution in [0.1, 0.15) is 16.7 Å². The van der Waals surface area contributed by atoms with Gasteiger partial charge in [-0.1, -0.05) is 30.3 Å². The zero-order valence-electron chi connectivity index (χ0n) is 12.6. The summed E-state index contributed by atoms with van der Waals surface area (Å²) in [6.07, 6.45) is 1.35. The Kier molecular flexibility index (Phi) is 5.00. The average Bonchev–Trinajstić information content (AvgIpc) is 2.54. The van der Waals surface area contributed by atoms with E-state index >= 15 is 0 Å². The third-order valence-corrected chi connectivity index (χ3v) is 3.38. The summed E-state index contributed by atoms with van der Waals surface area (Å²) >= 11 is 0. The number of nitrogens with one attached hydrogen (secondary N) is 1. The molecular weight excluding hydrogens is 292 g/mol. The minimum absolute atomic E-state index is 0.0799. The van der Waals surface area contributed by atoms with Crippen molar-refractivity contribution >= 4 is 12.0 Å². The summed E-state index contributed by atoms with van der Waals surface area (Å²) in [6, 6.07) is 13.6. The number of nitrogens with zero attached hydrogens (tertiary/aromatic N) is 1. The molecule has 0 saturated carbocycles. The van der Waals surface area contributed by atoms with E-state index in [1.54, 1.807) is 0 Å². The van der Waals surface area contributed by atoms with Gasteiger partial charge >= 0.3 is 0 Å². The van der Waals surface area contributed by atoms with Gasteiger partial charge in [-0.3, -0.25) is 4.79 Å². The molecule has 0 radical (unpaired) electrons. The predicted molar refractivity (Wildman–Crippen MR) is 86.4 cm³/mol. The van der Waals surface area contributed by atoms with Crippen LogP contribution >= 0.6 is 0 Å². The lowest BCUT2D eigenvalue weighted by Crippen LogP contribution is -2.24. The Morgan fingerprint density at radius 1 is 1.22 bits per heavy atom. The second-order valence-corrected chi connectivity index (χ2v) is 5.03. The molecule has 1 amide bonds. The molecule has 2 aromatic rings. The summed E-state index contributed by atoms with van der Waals surface area (Å²) < 4.78 is 0. The smallest absolute Gasteiger partial charge is 0.262 e. The number of hydrogen-bond acceptors (Lipinski definition) is 4. The maximum Gasteiger partial charge on any atom is 0.262 e. The molecule has 5 heteroatoms. The summed E-state index contributed by atoms with van der Waals surface area (Å²) in [5, 5.41) is 30.5. The number of rotatable bonds is 4. The van der Waals surface area contributed by atoms with Crippen LogP contribution < -0.4 is 5.32 Å². The quantitative estimate of drug-likeness (QED) is 0.460. The fraction of sp³-hybridized carbons (Fsp3) is 0.111. The van der Waals surface area contributed by atoms with Gasteiger partial charge < -0.3 is 15.5 Å². The fourth-order valence-corrected chi connectivity index (χ4v) is 2.02. The van der Waals surface area contributed by atoms with Crippen molar-refractivity contribution in [2.24, 2.45) is 0 Å². The molecule has 23 heavy (non-hydrogen) atoms. The number of nitriles is 1. The molecule has 0 bridgehead atoms. The molecule has 0 saturated heterocycles. The fourth-order valence-electron chi connectivity index (χ4n) is 2.02. The molecule has 0 aliphatic heterocycles. The predicted octanol–water partition coefficient (Wildman–Crippen LogP) is 2.63. The Labute approximate surface area is 134 Å². The molecule has 0 spiro atoms. The topological polar surface area (TPSA) is 93.4 Å². The molecule has 2 rings (SSSR count). The molecule has 0 aliphatic rings. The number of hydrogen-bond donors (Lipinski definition) is 3. The molecule has 0 aliphatic carbocycles. The Balaban J connectivity index is 2.12. The van der Waals surface area contributed by atoms with Gasteiger partial charge in [0.2, 0.25) is 0 Å². The van der Waals surface area contributed by atoms with E-state index in [-0.39, 0.29) is 17.1 Å². The molecule has 0 aromatic heterocycles. The number of phenols is 2. The summed E-state index contributed by atoms with van der Waals surface area (Å²) in [7, 11) is 0. The third kappa shape index (κ3) is 4.11. The Bertz CT molecular complexity index is 804. The standard InChI is InChI=1S/C18H16N2O3/c1-12-4-2-3-5-14(12)11-20-18(23)15(10-19)8-13-6-7-16(21)17(22)9-13/h2-9,21-22H,11H2,1H3,(H,20,23)/b15-8+. The summed E-state index contributed by atoms with van der Waals surface area (Å²) in [5.41, 5.74) is 2.39. The first-order chi connectivity index (χ1) is 11.0. The van der Waals surface area contributed by atoms with Gasteiger partial charge in [-0.15, -0.1) is 0 Å². The van der Waals surface area contributed by atoms with Crippen molar-refractivity contribution in [2.75, 3.05) is 0 Å². The van der Waals surface area contributed by atoms with Crippen molar-refractivity contribution in [3.8, 4) is 17.6 Å². The maximum absolute atomic E-state index is 12.1. The first kappa shape index (κ1) is 16.1. The number of carbonyl (C=O) groups is 1. The summed E-state index contributed by atoms with van der Waals surface area (Å²) in [6.45, 7) is 2.27. The zero-order chi connectivity index (χ0) is 16.8. The van der Waals surface area contributed by atoms with Crippen LogP contribution in [0.4, 0.5) is 0 Å². The number of phenolic OH excluding ortho intramolecular Hbond substituents is 2. The van der Waals surface area contributed by atoms with Crippen molar-refractivity contribution in [1.29, 1.82) is 5.26 Å². The van der Waals surface area contributed by atoms with Gasteiger partial charge in [0.25, 0.3) is 5.91 Å².